The van der Waals surface area contributed by atoms with Crippen molar-refractivity contribution in [3.05, 3.63) is 69.7 Å². The molecule has 0 saturated carbocycles. The molecule has 0 spiro atoms. The third-order valence-corrected chi connectivity index (χ3v) is 4.23. The van der Waals surface area contributed by atoms with Crippen LogP contribution in [0.3, 0.4) is 0 Å². The molecule has 0 heterocycles. The Bertz CT molecular complexity index is 595. The maximum Gasteiger partial charge on any atom is 0.251 e. The van der Waals surface area contributed by atoms with E-state index in [4.69, 9.17) is 0 Å². The lowest BCUT2D eigenvalue weighted by molar-refractivity contribution is 0.0935. The second-order valence-electron chi connectivity index (χ2n) is 4.81. The van der Waals surface area contributed by atoms with E-state index in [1.54, 1.807) is 0 Å². The molecule has 0 aliphatic rings. The maximum absolute atomic E-state index is 12.3. The first-order valence-electron chi connectivity index (χ1n) is 6.73. The highest BCUT2D eigenvalue weighted by molar-refractivity contribution is 9.10. The van der Waals surface area contributed by atoms with Crippen LogP contribution in [0.5, 0.6) is 0 Å². The van der Waals surface area contributed by atoms with Crippen molar-refractivity contribution in [3.8, 4) is 0 Å². The van der Waals surface area contributed by atoms with Crippen LogP contribution in [0.15, 0.2) is 53.0 Å². The van der Waals surface area contributed by atoms with Gasteiger partial charge in [-0.25, -0.2) is 0 Å². The van der Waals surface area contributed by atoms with Gasteiger partial charge in [0.2, 0.25) is 0 Å². The molecule has 3 heteroatoms. The number of carbonyl (C=O) groups is 1. The zero-order chi connectivity index (χ0) is 14.5. The van der Waals surface area contributed by atoms with Crippen LogP contribution in [0, 0.1) is 6.92 Å². The average Bonchev–Trinajstić information content (AvgIpc) is 2.48. The Hall–Kier alpha value is -1.61. The fraction of sp³-hybridized carbons (Fsp3) is 0.235. The Morgan fingerprint density at radius 1 is 1.20 bits per heavy atom. The molecular formula is C17H18BrNO. The summed E-state index contributed by atoms with van der Waals surface area (Å²) in [5, 5.41) is 3.09. The summed E-state index contributed by atoms with van der Waals surface area (Å²) in [6.07, 6.45) is 0.866. The van der Waals surface area contributed by atoms with E-state index in [1.807, 2.05) is 55.5 Å². The number of amides is 1. The highest BCUT2D eigenvalue weighted by atomic mass is 79.9. The number of hydrogen-bond acceptors (Lipinski definition) is 1. The van der Waals surface area contributed by atoms with Crippen LogP contribution in [-0.2, 0) is 0 Å². The normalized spacial score (nSPS) is 11.9. The number of aryl methyl sites for hydroxylation is 1. The van der Waals surface area contributed by atoms with E-state index in [2.05, 4.69) is 28.2 Å². The Morgan fingerprint density at radius 2 is 1.90 bits per heavy atom. The molecule has 20 heavy (non-hydrogen) atoms. The predicted molar refractivity (Wildman–Crippen MR) is 85.8 cm³/mol. The largest absolute Gasteiger partial charge is 0.345 e. The second kappa shape index (κ2) is 6.71. The Labute approximate surface area is 128 Å². The zero-order valence-corrected chi connectivity index (χ0v) is 13.3. The van der Waals surface area contributed by atoms with Crippen molar-refractivity contribution in [2.45, 2.75) is 26.3 Å². The topological polar surface area (TPSA) is 29.1 Å². The highest BCUT2D eigenvalue weighted by Crippen LogP contribution is 2.19. The lowest BCUT2D eigenvalue weighted by atomic mass is 10.0. The van der Waals surface area contributed by atoms with Gasteiger partial charge >= 0.3 is 0 Å². The Morgan fingerprint density at radius 3 is 2.50 bits per heavy atom. The van der Waals surface area contributed by atoms with Gasteiger partial charge in [-0.05, 0) is 42.7 Å². The summed E-state index contributed by atoms with van der Waals surface area (Å²) in [5.41, 5.74) is 2.89. The Kier molecular flexibility index (Phi) is 4.96. The van der Waals surface area contributed by atoms with Gasteiger partial charge in [0.1, 0.15) is 0 Å². The molecule has 0 bridgehead atoms. The van der Waals surface area contributed by atoms with Crippen molar-refractivity contribution in [1.82, 2.24) is 5.32 Å². The van der Waals surface area contributed by atoms with E-state index in [1.165, 1.54) is 0 Å². The quantitative estimate of drug-likeness (QED) is 0.868. The maximum atomic E-state index is 12.3. The minimum absolute atomic E-state index is 0.0312. The van der Waals surface area contributed by atoms with Crippen molar-refractivity contribution in [2.24, 2.45) is 0 Å². The summed E-state index contributed by atoms with van der Waals surface area (Å²) in [6.45, 7) is 4.06. The lowest BCUT2D eigenvalue weighted by Gasteiger charge is -2.17. The second-order valence-corrected chi connectivity index (χ2v) is 5.66. The first kappa shape index (κ1) is 14.8. The predicted octanol–water partition coefficient (Wildman–Crippen LogP) is 4.64. The Balaban J connectivity index is 2.15. The minimum Gasteiger partial charge on any atom is -0.345 e. The molecule has 2 nitrogen and oxygen atoms in total. The molecule has 1 amide bonds. The molecule has 2 rings (SSSR count). The number of nitrogens with one attached hydrogen (secondary N) is 1. The molecule has 1 unspecified atom stereocenters. The van der Waals surface area contributed by atoms with Crippen molar-refractivity contribution in [1.29, 1.82) is 0 Å². The van der Waals surface area contributed by atoms with E-state index >= 15 is 0 Å². The third-order valence-electron chi connectivity index (χ3n) is 3.34. The van der Waals surface area contributed by atoms with Gasteiger partial charge in [-0.3, -0.25) is 4.79 Å². The minimum atomic E-state index is -0.0312. The van der Waals surface area contributed by atoms with E-state index in [0.717, 1.165) is 22.0 Å². The SMILES string of the molecule is CCC(NC(=O)c1ccc(Br)c(C)c1)c1ccccc1. The van der Waals surface area contributed by atoms with Crippen LogP contribution in [0.1, 0.15) is 40.9 Å². The average molecular weight is 332 g/mol. The molecule has 104 valence electrons. The van der Waals surface area contributed by atoms with Crippen LogP contribution in [0.4, 0.5) is 0 Å². The van der Waals surface area contributed by atoms with Gasteiger partial charge < -0.3 is 5.32 Å². The van der Waals surface area contributed by atoms with Gasteiger partial charge in [0, 0.05) is 10.0 Å². The zero-order valence-electron chi connectivity index (χ0n) is 11.7. The van der Waals surface area contributed by atoms with Gasteiger partial charge in [0.15, 0.2) is 0 Å². The summed E-state index contributed by atoms with van der Waals surface area (Å²) < 4.78 is 1.02. The van der Waals surface area contributed by atoms with Gasteiger partial charge in [-0.15, -0.1) is 0 Å². The van der Waals surface area contributed by atoms with Crippen LogP contribution in [-0.4, -0.2) is 5.91 Å². The molecule has 0 aliphatic carbocycles. The first-order valence-corrected chi connectivity index (χ1v) is 7.53. The van der Waals surface area contributed by atoms with E-state index < -0.39 is 0 Å². The summed E-state index contributed by atoms with van der Waals surface area (Å²) in [4.78, 5) is 12.3. The summed E-state index contributed by atoms with van der Waals surface area (Å²) in [5.74, 6) is -0.0312. The number of hydrogen-bond donors (Lipinski definition) is 1. The van der Waals surface area contributed by atoms with Gasteiger partial charge in [0.25, 0.3) is 5.91 Å². The molecule has 2 aromatic carbocycles. The van der Waals surface area contributed by atoms with E-state index in [0.29, 0.717) is 5.56 Å². The van der Waals surface area contributed by atoms with Crippen molar-refractivity contribution in [2.75, 3.05) is 0 Å². The van der Waals surface area contributed by atoms with Gasteiger partial charge in [-0.1, -0.05) is 53.2 Å². The monoisotopic (exact) mass is 331 g/mol. The van der Waals surface area contributed by atoms with Crippen LogP contribution < -0.4 is 5.32 Å². The molecule has 2 aromatic rings. The van der Waals surface area contributed by atoms with Crippen LogP contribution >= 0.6 is 15.9 Å². The lowest BCUT2D eigenvalue weighted by Crippen LogP contribution is -2.28. The first-order chi connectivity index (χ1) is 9.61. The summed E-state index contributed by atoms with van der Waals surface area (Å²) in [7, 11) is 0. The van der Waals surface area contributed by atoms with Crippen molar-refractivity contribution >= 4 is 21.8 Å². The number of carbonyl (C=O) groups excluding carboxylic acids is 1. The van der Waals surface area contributed by atoms with Crippen molar-refractivity contribution in [3.63, 3.8) is 0 Å². The standard InChI is InChI=1S/C17H18BrNO/c1-3-16(13-7-5-4-6-8-13)19-17(20)14-9-10-15(18)12(2)11-14/h4-11,16H,3H2,1-2H3,(H,19,20). The van der Waals surface area contributed by atoms with Crippen LogP contribution in [0.25, 0.3) is 0 Å². The highest BCUT2D eigenvalue weighted by Gasteiger charge is 2.14. The number of halogens is 1. The number of rotatable bonds is 4. The summed E-state index contributed by atoms with van der Waals surface area (Å²) >= 11 is 3.45. The molecular weight excluding hydrogens is 314 g/mol. The number of benzene rings is 2. The molecule has 0 aliphatic heterocycles. The van der Waals surface area contributed by atoms with Crippen LogP contribution in [0.2, 0.25) is 0 Å². The molecule has 1 atom stereocenters. The van der Waals surface area contributed by atoms with Crippen molar-refractivity contribution < 1.29 is 4.79 Å². The fourth-order valence-corrected chi connectivity index (χ4v) is 2.38. The molecule has 1 N–H and O–H groups in total. The summed E-state index contributed by atoms with van der Waals surface area (Å²) in [6, 6.07) is 15.8. The fourth-order valence-electron chi connectivity index (χ4n) is 2.13. The molecule has 0 radical (unpaired) electrons. The molecule has 0 fully saturated rings. The molecule has 0 saturated heterocycles. The third kappa shape index (κ3) is 3.48. The van der Waals surface area contributed by atoms with Gasteiger partial charge in [-0.2, -0.15) is 0 Å². The molecule has 0 aromatic heterocycles. The van der Waals surface area contributed by atoms with Gasteiger partial charge in [0.05, 0.1) is 6.04 Å². The van der Waals surface area contributed by atoms with E-state index in [-0.39, 0.29) is 11.9 Å². The van der Waals surface area contributed by atoms with E-state index in [9.17, 15) is 4.79 Å². The smallest absolute Gasteiger partial charge is 0.251 e.